The number of rotatable bonds is 6. The van der Waals surface area contributed by atoms with Gasteiger partial charge in [0, 0.05) is 30.4 Å². The second-order valence-corrected chi connectivity index (χ2v) is 3.24. The monoisotopic (exact) mass is 344 g/mol. The van der Waals surface area contributed by atoms with Crippen molar-refractivity contribution in [3.63, 3.8) is 0 Å². The number of allylic oxidation sites excluding steroid dienone is 3. The van der Waals surface area contributed by atoms with Crippen LogP contribution in [0, 0.1) is 0 Å². The zero-order valence-corrected chi connectivity index (χ0v) is 12.4. The average molecular weight is 344 g/mol. The summed E-state index contributed by atoms with van der Waals surface area (Å²) in [6.07, 6.45) is 8.21. The molecule has 0 spiro atoms. The highest BCUT2D eigenvalue weighted by Gasteiger charge is 1.88. The van der Waals surface area contributed by atoms with E-state index >= 15 is 0 Å². The van der Waals surface area contributed by atoms with Crippen LogP contribution in [0.15, 0.2) is 48.6 Å². The fourth-order valence-electron chi connectivity index (χ4n) is 0.534. The van der Waals surface area contributed by atoms with E-state index in [0.717, 1.165) is 6.08 Å². The van der Waals surface area contributed by atoms with Crippen LogP contribution in [0.2, 0.25) is 0 Å². The normalized spacial score (nSPS) is 10.0. The van der Waals surface area contributed by atoms with Crippen LogP contribution in [0.1, 0.15) is 6.92 Å². The summed E-state index contributed by atoms with van der Waals surface area (Å²) in [5.74, 6) is -5.94. The summed E-state index contributed by atoms with van der Waals surface area (Å²) in [5, 5.41) is 39.3. The number of aliphatic carboxylic acids is 5. The maximum absolute atomic E-state index is 9.75. The maximum atomic E-state index is 9.75. The Hall–Kier alpha value is -3.69. The summed E-state index contributed by atoms with van der Waals surface area (Å²) in [7, 11) is 0. The van der Waals surface area contributed by atoms with Gasteiger partial charge in [0.1, 0.15) is 0 Å². The maximum Gasteiger partial charge on any atom is 0.328 e. The fourth-order valence-corrected chi connectivity index (χ4v) is 0.534. The van der Waals surface area contributed by atoms with Gasteiger partial charge < -0.3 is 25.5 Å². The van der Waals surface area contributed by atoms with E-state index in [-0.39, 0.29) is 0 Å². The Balaban J connectivity index is -0.000000276. The van der Waals surface area contributed by atoms with Crippen molar-refractivity contribution in [3.8, 4) is 0 Å². The number of carboxylic acid groups (broad SMARTS) is 5. The van der Waals surface area contributed by atoms with Crippen LogP contribution in [0.25, 0.3) is 0 Å². The molecule has 0 aliphatic rings. The van der Waals surface area contributed by atoms with E-state index in [1.807, 2.05) is 6.92 Å². The Morgan fingerprint density at radius 2 is 0.750 bits per heavy atom. The van der Waals surface area contributed by atoms with Crippen molar-refractivity contribution in [1.29, 1.82) is 0 Å². The second-order valence-electron chi connectivity index (χ2n) is 3.24. The smallest absolute Gasteiger partial charge is 0.328 e. The van der Waals surface area contributed by atoms with E-state index in [2.05, 4.69) is 0 Å². The van der Waals surface area contributed by atoms with Gasteiger partial charge in [0.2, 0.25) is 0 Å². The van der Waals surface area contributed by atoms with E-state index in [4.69, 9.17) is 25.5 Å². The molecular weight excluding hydrogens is 328 g/mol. The molecule has 0 aliphatic heterocycles. The van der Waals surface area contributed by atoms with Gasteiger partial charge >= 0.3 is 29.8 Å². The van der Waals surface area contributed by atoms with Crippen molar-refractivity contribution >= 4 is 29.8 Å². The Bertz CT molecular complexity index is 486. The molecule has 0 saturated heterocycles. The van der Waals surface area contributed by atoms with E-state index < -0.39 is 29.8 Å². The molecule has 0 atom stereocenters. The predicted molar refractivity (Wildman–Crippen MR) is 80.4 cm³/mol. The van der Waals surface area contributed by atoms with E-state index in [9.17, 15) is 24.0 Å². The first-order valence-electron chi connectivity index (χ1n) is 5.83. The lowest BCUT2D eigenvalue weighted by atomic mass is 10.4. The van der Waals surface area contributed by atoms with Gasteiger partial charge in [-0.25, -0.2) is 24.0 Å². The van der Waals surface area contributed by atoms with Crippen LogP contribution in [-0.2, 0) is 24.0 Å². The third kappa shape index (κ3) is 42.9. The lowest BCUT2D eigenvalue weighted by Gasteiger charge is -1.74. The molecule has 24 heavy (non-hydrogen) atoms. The van der Waals surface area contributed by atoms with Crippen LogP contribution in [0.3, 0.4) is 0 Å². The van der Waals surface area contributed by atoms with Crippen LogP contribution >= 0.6 is 0 Å². The van der Waals surface area contributed by atoms with E-state index in [0.29, 0.717) is 24.3 Å². The molecule has 10 heteroatoms. The molecule has 0 bridgehead atoms. The van der Waals surface area contributed by atoms with E-state index in [1.165, 1.54) is 6.08 Å². The highest BCUT2D eigenvalue weighted by Crippen LogP contribution is 1.74. The summed E-state index contributed by atoms with van der Waals surface area (Å²) < 4.78 is 0. The summed E-state index contributed by atoms with van der Waals surface area (Å²) in [6, 6.07) is 0. The molecule has 0 aromatic rings. The summed E-state index contributed by atoms with van der Waals surface area (Å²) in [5.41, 5.74) is 0. The minimum absolute atomic E-state index is 0.558. The number of hydrogen-bond donors (Lipinski definition) is 5. The minimum Gasteiger partial charge on any atom is -0.478 e. The molecule has 0 unspecified atom stereocenters. The second kappa shape index (κ2) is 17.4. The fraction of sp³-hybridized carbons (Fsp3) is 0.0714. The van der Waals surface area contributed by atoms with E-state index in [1.54, 1.807) is 12.2 Å². The summed E-state index contributed by atoms with van der Waals surface area (Å²) in [6.45, 7) is 1.83. The summed E-state index contributed by atoms with van der Waals surface area (Å²) >= 11 is 0. The molecule has 0 aromatic carbocycles. The molecule has 0 rings (SSSR count). The molecule has 0 heterocycles. The van der Waals surface area contributed by atoms with Crippen LogP contribution in [0.5, 0.6) is 0 Å². The topological polar surface area (TPSA) is 186 Å². The Morgan fingerprint density at radius 3 is 0.917 bits per heavy atom. The average Bonchev–Trinajstić information content (AvgIpc) is 2.44. The van der Waals surface area contributed by atoms with Gasteiger partial charge in [0.25, 0.3) is 0 Å². The zero-order chi connectivity index (χ0) is 19.5. The molecule has 132 valence electrons. The molecule has 10 nitrogen and oxygen atoms in total. The van der Waals surface area contributed by atoms with Gasteiger partial charge in [-0.3, -0.25) is 0 Å². The van der Waals surface area contributed by atoms with Crippen molar-refractivity contribution in [2.24, 2.45) is 0 Å². The zero-order valence-electron chi connectivity index (χ0n) is 12.4. The third-order valence-corrected chi connectivity index (χ3v) is 1.28. The lowest BCUT2D eigenvalue weighted by molar-refractivity contribution is -0.134. The molecule has 0 aliphatic carbocycles. The highest BCUT2D eigenvalue weighted by atomic mass is 16.4. The molecule has 0 amide bonds. The molecule has 5 N–H and O–H groups in total. The van der Waals surface area contributed by atoms with Gasteiger partial charge in [-0.05, 0) is 6.92 Å². The van der Waals surface area contributed by atoms with Gasteiger partial charge in [0.05, 0.1) is 0 Å². The molecule has 0 saturated carbocycles. The van der Waals surface area contributed by atoms with Gasteiger partial charge in [-0.1, -0.05) is 18.2 Å². The number of hydrogen-bond acceptors (Lipinski definition) is 5. The van der Waals surface area contributed by atoms with Crippen LogP contribution in [0.4, 0.5) is 0 Å². The molecular formula is C14H16O10. The third-order valence-electron chi connectivity index (χ3n) is 1.28. The first-order chi connectivity index (χ1) is 11.0. The van der Waals surface area contributed by atoms with Gasteiger partial charge in [-0.15, -0.1) is 0 Å². The first kappa shape index (κ1) is 25.3. The summed E-state index contributed by atoms with van der Waals surface area (Å²) in [4.78, 5) is 48.0. The van der Waals surface area contributed by atoms with Crippen LogP contribution < -0.4 is 0 Å². The minimum atomic E-state index is -1.26. The largest absolute Gasteiger partial charge is 0.478 e. The SMILES string of the molecule is CC=CC=CC(=O)O.O=C(O)/C=C/C(=O)O.O=C(O)/C=C\C(=O)O. The number of carbonyl (C=O) groups is 5. The first-order valence-corrected chi connectivity index (χ1v) is 5.83. The molecule has 0 aromatic heterocycles. The highest BCUT2D eigenvalue weighted by molar-refractivity contribution is 5.90. The molecule has 0 radical (unpaired) electrons. The van der Waals surface area contributed by atoms with Crippen molar-refractivity contribution in [3.05, 3.63) is 48.6 Å². The predicted octanol–water partition coefficient (Wildman–Crippen LogP) is 0.627. The Morgan fingerprint density at radius 1 is 0.500 bits per heavy atom. The Kier molecular flexibility index (Phi) is 18.3. The lowest BCUT2D eigenvalue weighted by Crippen LogP contribution is -1.91. The van der Waals surface area contributed by atoms with Crippen molar-refractivity contribution < 1.29 is 49.5 Å². The van der Waals surface area contributed by atoms with Crippen molar-refractivity contribution in [1.82, 2.24) is 0 Å². The Labute approximate surface area is 136 Å². The van der Waals surface area contributed by atoms with Crippen molar-refractivity contribution in [2.45, 2.75) is 6.92 Å². The van der Waals surface area contributed by atoms with Gasteiger partial charge in [0.15, 0.2) is 0 Å². The van der Waals surface area contributed by atoms with Crippen LogP contribution in [-0.4, -0.2) is 55.4 Å². The van der Waals surface area contributed by atoms with Gasteiger partial charge in [-0.2, -0.15) is 0 Å². The quantitative estimate of drug-likeness (QED) is 0.338. The standard InChI is InChI=1S/C6H8O2.2C4H4O4/c1-2-3-4-5-6(7)8;2*5-3(6)1-2-4(7)8/h2-5H,1H3,(H,7,8);2*1-2H,(H,5,6)(H,7,8)/b;2-1+;2-1-. The number of carboxylic acids is 5. The van der Waals surface area contributed by atoms with Crippen molar-refractivity contribution in [2.75, 3.05) is 0 Å². The molecule has 0 fully saturated rings.